The minimum atomic E-state index is 0.130. The molecular weight excluding hydrogens is 252 g/mol. The van der Waals surface area contributed by atoms with Crippen LogP contribution in [0.3, 0.4) is 0 Å². The van der Waals surface area contributed by atoms with Crippen molar-refractivity contribution in [3.8, 4) is 11.5 Å². The van der Waals surface area contributed by atoms with Crippen molar-refractivity contribution in [3.63, 3.8) is 0 Å². The molecule has 0 aromatic heterocycles. The number of ether oxygens (including phenoxy) is 2. The molecule has 102 valence electrons. The molecule has 2 aromatic rings. The van der Waals surface area contributed by atoms with Crippen LogP contribution in [-0.4, -0.2) is 19.0 Å². The molecule has 0 amide bonds. The Balaban J connectivity index is 1.68. The highest BCUT2D eigenvalue weighted by Gasteiger charge is 2.14. The van der Waals surface area contributed by atoms with E-state index in [1.165, 1.54) is 5.56 Å². The standard InChI is InChI=1S/C17H16O3/c18-15(8-6-13-4-2-1-3-5-13)14-7-9-16-17(12-14)20-11-10-19-16/h1-5,7,9,12H,6,8,10-11H2. The summed E-state index contributed by atoms with van der Waals surface area (Å²) in [6.45, 7) is 1.10. The Labute approximate surface area is 118 Å². The summed E-state index contributed by atoms with van der Waals surface area (Å²) in [7, 11) is 0. The van der Waals surface area contributed by atoms with Gasteiger partial charge in [0, 0.05) is 12.0 Å². The normalized spacial score (nSPS) is 13.0. The first-order chi connectivity index (χ1) is 9.83. The van der Waals surface area contributed by atoms with E-state index in [1.807, 2.05) is 36.4 Å². The van der Waals surface area contributed by atoms with Gasteiger partial charge >= 0.3 is 0 Å². The maximum Gasteiger partial charge on any atom is 0.163 e. The van der Waals surface area contributed by atoms with Gasteiger partial charge in [0.2, 0.25) is 0 Å². The van der Waals surface area contributed by atoms with Gasteiger partial charge in [-0.15, -0.1) is 0 Å². The van der Waals surface area contributed by atoms with Crippen molar-refractivity contribution in [2.45, 2.75) is 12.8 Å². The number of benzene rings is 2. The van der Waals surface area contributed by atoms with E-state index in [1.54, 1.807) is 12.1 Å². The lowest BCUT2D eigenvalue weighted by molar-refractivity contribution is 0.0981. The van der Waals surface area contributed by atoms with Gasteiger partial charge in [-0.25, -0.2) is 0 Å². The van der Waals surface area contributed by atoms with Crippen LogP contribution in [0.5, 0.6) is 11.5 Å². The van der Waals surface area contributed by atoms with Crippen molar-refractivity contribution >= 4 is 5.78 Å². The molecule has 3 rings (SSSR count). The molecule has 0 bridgehead atoms. The Morgan fingerprint density at radius 1 is 0.950 bits per heavy atom. The molecule has 0 saturated heterocycles. The molecule has 1 aliphatic heterocycles. The second-order valence-electron chi connectivity index (χ2n) is 4.77. The zero-order valence-electron chi connectivity index (χ0n) is 11.2. The van der Waals surface area contributed by atoms with Crippen LogP contribution in [0.1, 0.15) is 22.3 Å². The lowest BCUT2D eigenvalue weighted by atomic mass is 10.0. The number of aryl methyl sites for hydroxylation is 1. The minimum Gasteiger partial charge on any atom is -0.486 e. The lowest BCUT2D eigenvalue weighted by Gasteiger charge is -2.18. The van der Waals surface area contributed by atoms with E-state index in [-0.39, 0.29) is 5.78 Å². The maximum atomic E-state index is 12.2. The third kappa shape index (κ3) is 2.82. The largest absolute Gasteiger partial charge is 0.486 e. The van der Waals surface area contributed by atoms with Crippen molar-refractivity contribution in [1.29, 1.82) is 0 Å². The Hall–Kier alpha value is -2.29. The zero-order chi connectivity index (χ0) is 13.8. The second-order valence-corrected chi connectivity index (χ2v) is 4.77. The van der Waals surface area contributed by atoms with Crippen molar-refractivity contribution in [2.24, 2.45) is 0 Å². The van der Waals surface area contributed by atoms with Crippen LogP contribution in [0.25, 0.3) is 0 Å². The molecule has 2 aromatic carbocycles. The summed E-state index contributed by atoms with van der Waals surface area (Å²) >= 11 is 0. The molecule has 0 saturated carbocycles. The summed E-state index contributed by atoms with van der Waals surface area (Å²) in [5.41, 5.74) is 1.86. The Morgan fingerprint density at radius 2 is 1.70 bits per heavy atom. The van der Waals surface area contributed by atoms with Crippen LogP contribution in [0.15, 0.2) is 48.5 Å². The molecule has 0 N–H and O–H groups in total. The summed E-state index contributed by atoms with van der Waals surface area (Å²) in [4.78, 5) is 12.2. The predicted molar refractivity (Wildman–Crippen MR) is 76.5 cm³/mol. The first kappa shape index (κ1) is 12.7. The number of hydrogen-bond donors (Lipinski definition) is 0. The van der Waals surface area contributed by atoms with Gasteiger partial charge in [0.05, 0.1) is 0 Å². The average Bonchev–Trinajstić information content (AvgIpc) is 2.53. The number of carbonyl (C=O) groups excluding carboxylic acids is 1. The molecule has 1 aliphatic rings. The first-order valence-electron chi connectivity index (χ1n) is 6.80. The van der Waals surface area contributed by atoms with Gasteiger partial charge in [-0.2, -0.15) is 0 Å². The van der Waals surface area contributed by atoms with E-state index in [2.05, 4.69) is 0 Å². The third-order valence-corrected chi connectivity index (χ3v) is 3.35. The van der Waals surface area contributed by atoms with Gasteiger partial charge in [0.15, 0.2) is 17.3 Å². The molecule has 0 aliphatic carbocycles. The minimum absolute atomic E-state index is 0.130. The van der Waals surface area contributed by atoms with Gasteiger partial charge in [-0.1, -0.05) is 30.3 Å². The summed E-state index contributed by atoms with van der Waals surface area (Å²) < 4.78 is 11.0. The molecule has 0 fully saturated rings. The Bertz CT molecular complexity index is 605. The number of carbonyl (C=O) groups is 1. The highest BCUT2D eigenvalue weighted by molar-refractivity contribution is 5.96. The SMILES string of the molecule is O=C(CCc1ccccc1)c1ccc2c(c1)OCCO2. The summed E-state index contributed by atoms with van der Waals surface area (Å²) in [5, 5.41) is 0. The quantitative estimate of drug-likeness (QED) is 0.798. The topological polar surface area (TPSA) is 35.5 Å². The van der Waals surface area contributed by atoms with Crippen LogP contribution < -0.4 is 9.47 Å². The lowest BCUT2D eigenvalue weighted by Crippen LogP contribution is -2.15. The molecule has 3 nitrogen and oxygen atoms in total. The van der Waals surface area contributed by atoms with E-state index in [9.17, 15) is 4.79 Å². The van der Waals surface area contributed by atoms with Gasteiger partial charge in [-0.3, -0.25) is 4.79 Å². The van der Waals surface area contributed by atoms with Gasteiger partial charge in [0.1, 0.15) is 13.2 Å². The van der Waals surface area contributed by atoms with E-state index >= 15 is 0 Å². The molecule has 1 heterocycles. The number of Topliss-reactive ketones (excluding diaryl/α,β-unsaturated/α-hetero) is 1. The van der Waals surface area contributed by atoms with E-state index in [0.717, 1.165) is 12.2 Å². The fourth-order valence-corrected chi connectivity index (χ4v) is 2.26. The molecule has 20 heavy (non-hydrogen) atoms. The highest BCUT2D eigenvalue weighted by atomic mass is 16.6. The average molecular weight is 268 g/mol. The summed E-state index contributed by atoms with van der Waals surface area (Å²) in [6, 6.07) is 15.4. The second kappa shape index (κ2) is 5.78. The molecule has 3 heteroatoms. The summed E-state index contributed by atoms with van der Waals surface area (Å²) in [6.07, 6.45) is 1.26. The number of rotatable bonds is 4. The Morgan fingerprint density at radius 3 is 2.50 bits per heavy atom. The van der Waals surface area contributed by atoms with Crippen LogP contribution in [0.2, 0.25) is 0 Å². The van der Waals surface area contributed by atoms with E-state index in [4.69, 9.17) is 9.47 Å². The first-order valence-corrected chi connectivity index (χ1v) is 6.80. The molecular formula is C17H16O3. The predicted octanol–water partition coefficient (Wildman–Crippen LogP) is 3.27. The van der Waals surface area contributed by atoms with Crippen LogP contribution in [0.4, 0.5) is 0 Å². The van der Waals surface area contributed by atoms with Crippen LogP contribution in [0, 0.1) is 0 Å². The van der Waals surface area contributed by atoms with Crippen LogP contribution >= 0.6 is 0 Å². The molecule has 0 atom stereocenters. The fraction of sp³-hybridized carbons (Fsp3) is 0.235. The van der Waals surface area contributed by atoms with Crippen molar-refractivity contribution in [2.75, 3.05) is 13.2 Å². The molecule has 0 radical (unpaired) electrons. The van der Waals surface area contributed by atoms with Gasteiger partial charge in [0.25, 0.3) is 0 Å². The van der Waals surface area contributed by atoms with Crippen molar-refractivity contribution < 1.29 is 14.3 Å². The van der Waals surface area contributed by atoms with Crippen LogP contribution in [-0.2, 0) is 6.42 Å². The molecule has 0 unspecified atom stereocenters. The van der Waals surface area contributed by atoms with Crippen molar-refractivity contribution in [3.05, 3.63) is 59.7 Å². The fourth-order valence-electron chi connectivity index (χ4n) is 2.26. The summed E-state index contributed by atoms with van der Waals surface area (Å²) in [5.74, 6) is 1.52. The van der Waals surface area contributed by atoms with Crippen molar-refractivity contribution in [1.82, 2.24) is 0 Å². The highest BCUT2D eigenvalue weighted by Crippen LogP contribution is 2.31. The maximum absolute atomic E-state index is 12.2. The van der Waals surface area contributed by atoms with Gasteiger partial charge in [-0.05, 0) is 30.2 Å². The van der Waals surface area contributed by atoms with E-state index in [0.29, 0.717) is 30.9 Å². The smallest absolute Gasteiger partial charge is 0.163 e. The van der Waals surface area contributed by atoms with Gasteiger partial charge < -0.3 is 9.47 Å². The molecule has 0 spiro atoms. The number of ketones is 1. The van der Waals surface area contributed by atoms with E-state index < -0.39 is 0 Å². The monoisotopic (exact) mass is 268 g/mol. The Kier molecular flexibility index (Phi) is 3.68. The third-order valence-electron chi connectivity index (χ3n) is 3.35. The zero-order valence-corrected chi connectivity index (χ0v) is 11.2. The number of fused-ring (bicyclic) bond motifs is 1. The number of hydrogen-bond acceptors (Lipinski definition) is 3.